The van der Waals surface area contributed by atoms with Crippen LogP contribution in [0.3, 0.4) is 0 Å². The van der Waals surface area contributed by atoms with Crippen LogP contribution < -0.4 is 0 Å². The minimum atomic E-state index is -1.28. The second-order valence-corrected chi connectivity index (χ2v) is 4.76. The number of fused-ring (bicyclic) bond motifs is 1. The molecule has 2 rings (SSSR count). The molecule has 0 fully saturated rings. The second-order valence-electron chi connectivity index (χ2n) is 3.91. The maximum absolute atomic E-state index is 11.4. The molecule has 2 N–H and O–H groups in total. The Hall–Kier alpha value is -1.95. The van der Waals surface area contributed by atoms with E-state index in [2.05, 4.69) is 20.9 Å². The minimum absolute atomic E-state index is 0.221. The Balaban J connectivity index is 3.06. The normalized spacial score (nSPS) is 10.6. The van der Waals surface area contributed by atoms with Crippen molar-refractivity contribution in [2.24, 2.45) is 0 Å². The summed E-state index contributed by atoms with van der Waals surface area (Å²) in [7, 11) is 0. The van der Waals surface area contributed by atoms with Gasteiger partial charge in [0.05, 0.1) is 22.3 Å². The van der Waals surface area contributed by atoms with E-state index < -0.39 is 11.9 Å². The number of carboxylic acid groups (broad SMARTS) is 2. The molecule has 0 bridgehead atoms. The molecule has 98 valence electrons. The highest BCUT2D eigenvalue weighted by Gasteiger charge is 2.25. The standard InChI is InChI=1S/C13H10BrNO4/c1-2-7-10(12(16)17)11(13(18)19)9-6(14)4-3-5-8(9)15-7/h3-5H,2H2,1H3,(H,16,17)(H,18,19). The van der Waals surface area contributed by atoms with Gasteiger partial charge in [-0.25, -0.2) is 9.59 Å². The smallest absolute Gasteiger partial charge is 0.338 e. The van der Waals surface area contributed by atoms with E-state index in [1.165, 1.54) is 0 Å². The molecule has 1 aromatic carbocycles. The largest absolute Gasteiger partial charge is 0.478 e. The van der Waals surface area contributed by atoms with Gasteiger partial charge in [-0.3, -0.25) is 4.98 Å². The molecule has 0 radical (unpaired) electrons. The zero-order valence-electron chi connectivity index (χ0n) is 9.98. The van der Waals surface area contributed by atoms with Gasteiger partial charge in [0.25, 0.3) is 0 Å². The summed E-state index contributed by atoms with van der Waals surface area (Å²) in [4.78, 5) is 27.0. The highest BCUT2D eigenvalue weighted by Crippen LogP contribution is 2.30. The molecule has 5 nitrogen and oxygen atoms in total. The number of halogens is 1. The molecule has 0 amide bonds. The Kier molecular flexibility index (Phi) is 3.53. The third-order valence-electron chi connectivity index (χ3n) is 2.80. The number of benzene rings is 1. The van der Waals surface area contributed by atoms with Gasteiger partial charge in [-0.2, -0.15) is 0 Å². The molecule has 0 saturated carbocycles. The predicted molar refractivity (Wildman–Crippen MR) is 72.7 cm³/mol. The van der Waals surface area contributed by atoms with Crippen LogP contribution in [-0.4, -0.2) is 27.1 Å². The number of aryl methyl sites for hydroxylation is 1. The molecule has 0 aliphatic heterocycles. The first-order valence-electron chi connectivity index (χ1n) is 5.55. The van der Waals surface area contributed by atoms with E-state index in [9.17, 15) is 19.8 Å². The fraction of sp³-hybridized carbons (Fsp3) is 0.154. The summed E-state index contributed by atoms with van der Waals surface area (Å²) in [5.74, 6) is -2.55. The molecule has 19 heavy (non-hydrogen) atoms. The van der Waals surface area contributed by atoms with Crippen LogP contribution in [0.15, 0.2) is 22.7 Å². The van der Waals surface area contributed by atoms with Crippen LogP contribution in [-0.2, 0) is 6.42 Å². The monoisotopic (exact) mass is 323 g/mol. The van der Waals surface area contributed by atoms with Crippen molar-refractivity contribution >= 4 is 38.8 Å². The Morgan fingerprint density at radius 1 is 1.21 bits per heavy atom. The van der Waals surface area contributed by atoms with Crippen LogP contribution in [0.5, 0.6) is 0 Å². The van der Waals surface area contributed by atoms with E-state index in [0.29, 0.717) is 21.8 Å². The van der Waals surface area contributed by atoms with E-state index >= 15 is 0 Å². The van der Waals surface area contributed by atoms with Gasteiger partial charge >= 0.3 is 11.9 Å². The summed E-state index contributed by atoms with van der Waals surface area (Å²) in [6, 6.07) is 5.05. The molecule has 6 heteroatoms. The lowest BCUT2D eigenvalue weighted by atomic mass is 9.99. The van der Waals surface area contributed by atoms with Crippen molar-refractivity contribution in [2.45, 2.75) is 13.3 Å². The zero-order valence-corrected chi connectivity index (χ0v) is 11.6. The zero-order chi connectivity index (χ0) is 14.2. The highest BCUT2D eigenvalue weighted by atomic mass is 79.9. The second kappa shape index (κ2) is 4.97. The molecule has 0 aliphatic carbocycles. The number of pyridine rings is 1. The number of hydrogen-bond donors (Lipinski definition) is 2. The summed E-state index contributed by atoms with van der Waals surface area (Å²) in [6.07, 6.45) is 0.352. The number of rotatable bonds is 3. The molecule has 0 spiro atoms. The topological polar surface area (TPSA) is 87.5 Å². The number of carboxylic acids is 2. The molecular formula is C13H10BrNO4. The van der Waals surface area contributed by atoms with Crippen LogP contribution in [0.2, 0.25) is 0 Å². The summed E-state index contributed by atoms with van der Waals surface area (Å²) in [6.45, 7) is 1.74. The van der Waals surface area contributed by atoms with Crippen LogP contribution in [0.25, 0.3) is 10.9 Å². The summed E-state index contributed by atoms with van der Waals surface area (Å²) < 4.78 is 0.514. The van der Waals surface area contributed by atoms with Crippen LogP contribution in [0.4, 0.5) is 0 Å². The van der Waals surface area contributed by atoms with E-state index in [0.717, 1.165) is 0 Å². The number of aromatic carboxylic acids is 2. The van der Waals surface area contributed by atoms with Crippen molar-refractivity contribution < 1.29 is 19.8 Å². The van der Waals surface area contributed by atoms with Gasteiger partial charge < -0.3 is 10.2 Å². The third-order valence-corrected chi connectivity index (χ3v) is 3.46. The molecule has 0 saturated heterocycles. The van der Waals surface area contributed by atoms with E-state index in [1.807, 2.05) is 0 Å². The lowest BCUT2D eigenvalue weighted by molar-refractivity contribution is 0.0651. The molecule has 0 atom stereocenters. The Morgan fingerprint density at radius 3 is 2.37 bits per heavy atom. The number of carbonyl (C=O) groups is 2. The maximum Gasteiger partial charge on any atom is 0.338 e. The quantitative estimate of drug-likeness (QED) is 0.906. The van der Waals surface area contributed by atoms with Gasteiger partial charge in [-0.05, 0) is 18.6 Å². The molecule has 0 unspecified atom stereocenters. The highest BCUT2D eigenvalue weighted by molar-refractivity contribution is 9.10. The average molecular weight is 324 g/mol. The van der Waals surface area contributed by atoms with Crippen molar-refractivity contribution in [1.29, 1.82) is 0 Å². The van der Waals surface area contributed by atoms with E-state index in [4.69, 9.17) is 0 Å². The van der Waals surface area contributed by atoms with Gasteiger partial charge in [-0.15, -0.1) is 0 Å². The predicted octanol–water partition coefficient (Wildman–Crippen LogP) is 2.96. The van der Waals surface area contributed by atoms with Crippen LogP contribution in [0.1, 0.15) is 33.3 Å². The van der Waals surface area contributed by atoms with Gasteiger partial charge in [0.15, 0.2) is 0 Å². The third kappa shape index (κ3) is 2.19. The number of aromatic nitrogens is 1. The van der Waals surface area contributed by atoms with Crippen LogP contribution in [0, 0.1) is 0 Å². The summed E-state index contributed by atoms with van der Waals surface area (Å²) in [5.41, 5.74) is 0.278. The van der Waals surface area contributed by atoms with Gasteiger partial charge in [0.2, 0.25) is 0 Å². The summed E-state index contributed by atoms with van der Waals surface area (Å²) >= 11 is 3.25. The van der Waals surface area contributed by atoms with Crippen molar-refractivity contribution in [1.82, 2.24) is 4.98 Å². The number of hydrogen-bond acceptors (Lipinski definition) is 3. The Bertz CT molecular complexity index is 697. The van der Waals surface area contributed by atoms with Gasteiger partial charge in [0.1, 0.15) is 0 Å². The summed E-state index contributed by atoms with van der Waals surface area (Å²) in [5, 5.41) is 18.9. The Morgan fingerprint density at radius 2 is 1.84 bits per heavy atom. The number of nitrogens with zero attached hydrogens (tertiary/aromatic N) is 1. The minimum Gasteiger partial charge on any atom is -0.478 e. The molecule has 1 heterocycles. The SMILES string of the molecule is CCc1nc2cccc(Br)c2c(C(=O)O)c1C(=O)O. The fourth-order valence-corrected chi connectivity index (χ4v) is 2.58. The van der Waals surface area contributed by atoms with Crippen molar-refractivity contribution in [3.8, 4) is 0 Å². The first-order chi connectivity index (χ1) is 8.97. The average Bonchev–Trinajstić information content (AvgIpc) is 2.36. The fourth-order valence-electron chi connectivity index (χ4n) is 2.02. The van der Waals surface area contributed by atoms with Crippen molar-refractivity contribution in [3.05, 3.63) is 39.5 Å². The van der Waals surface area contributed by atoms with E-state index in [-0.39, 0.29) is 16.8 Å². The Labute approximate surface area is 117 Å². The molecular weight excluding hydrogens is 314 g/mol. The first kappa shape index (κ1) is 13.5. The molecule has 0 aliphatic rings. The van der Waals surface area contributed by atoms with Crippen molar-refractivity contribution in [3.63, 3.8) is 0 Å². The van der Waals surface area contributed by atoms with Crippen LogP contribution >= 0.6 is 15.9 Å². The van der Waals surface area contributed by atoms with Gasteiger partial charge in [-0.1, -0.05) is 28.9 Å². The lowest BCUT2D eigenvalue weighted by Crippen LogP contribution is -2.14. The van der Waals surface area contributed by atoms with Crippen molar-refractivity contribution in [2.75, 3.05) is 0 Å². The maximum atomic E-state index is 11.4. The van der Waals surface area contributed by atoms with E-state index in [1.54, 1.807) is 25.1 Å². The first-order valence-corrected chi connectivity index (χ1v) is 6.34. The molecule has 1 aromatic heterocycles. The van der Waals surface area contributed by atoms with Gasteiger partial charge in [0, 0.05) is 9.86 Å². The lowest BCUT2D eigenvalue weighted by Gasteiger charge is -2.11. The molecule has 2 aromatic rings.